The van der Waals surface area contributed by atoms with Crippen LogP contribution in [0, 0.1) is 5.92 Å². The molecule has 1 aliphatic heterocycles. The fourth-order valence-electron chi connectivity index (χ4n) is 2.70. The Kier molecular flexibility index (Phi) is 6.61. The summed E-state index contributed by atoms with van der Waals surface area (Å²) in [4.78, 5) is 5.27. The van der Waals surface area contributed by atoms with Crippen molar-refractivity contribution in [2.75, 3.05) is 26.2 Å². The number of rotatable bonds is 6. The molecular weight excluding hydrogens is 222 g/mol. The van der Waals surface area contributed by atoms with Gasteiger partial charge in [0, 0.05) is 31.2 Å². The van der Waals surface area contributed by atoms with Crippen LogP contribution >= 0.6 is 0 Å². The van der Waals surface area contributed by atoms with Crippen LogP contribution in [0.1, 0.15) is 47.5 Å². The highest BCUT2D eigenvalue weighted by Gasteiger charge is 2.29. The molecule has 1 fully saturated rings. The molecular formula is C15H33N3. The number of piperazine rings is 1. The fraction of sp³-hybridized carbons (Fsp3) is 1.00. The van der Waals surface area contributed by atoms with E-state index in [1.54, 1.807) is 0 Å². The van der Waals surface area contributed by atoms with E-state index in [4.69, 9.17) is 5.73 Å². The maximum absolute atomic E-state index is 5.86. The zero-order chi connectivity index (χ0) is 13.7. The van der Waals surface area contributed by atoms with Crippen molar-refractivity contribution in [1.29, 1.82) is 0 Å². The van der Waals surface area contributed by atoms with Crippen LogP contribution in [-0.2, 0) is 0 Å². The Morgan fingerprint density at radius 3 is 1.78 bits per heavy atom. The summed E-state index contributed by atoms with van der Waals surface area (Å²) < 4.78 is 0. The van der Waals surface area contributed by atoms with Gasteiger partial charge in [-0.3, -0.25) is 9.80 Å². The van der Waals surface area contributed by atoms with Gasteiger partial charge >= 0.3 is 0 Å². The Hall–Kier alpha value is -0.120. The Morgan fingerprint density at radius 2 is 1.39 bits per heavy atom. The van der Waals surface area contributed by atoms with Gasteiger partial charge < -0.3 is 5.73 Å². The molecule has 0 aromatic rings. The highest BCUT2D eigenvalue weighted by molar-refractivity contribution is 4.86. The molecule has 3 unspecified atom stereocenters. The molecule has 1 heterocycles. The molecule has 2 N–H and O–H groups in total. The predicted octanol–water partition coefficient (Wildman–Crippen LogP) is 2.16. The van der Waals surface area contributed by atoms with E-state index in [0.717, 1.165) is 18.9 Å². The molecule has 1 saturated heterocycles. The van der Waals surface area contributed by atoms with Crippen molar-refractivity contribution in [3.8, 4) is 0 Å². The smallest absolute Gasteiger partial charge is 0.0221 e. The van der Waals surface area contributed by atoms with Gasteiger partial charge in [-0.05, 0) is 52.6 Å². The first kappa shape index (κ1) is 15.9. The topological polar surface area (TPSA) is 32.5 Å². The van der Waals surface area contributed by atoms with Crippen LogP contribution in [0.3, 0.4) is 0 Å². The molecule has 0 aromatic heterocycles. The number of hydrogen-bond donors (Lipinski definition) is 1. The predicted molar refractivity (Wildman–Crippen MR) is 79.8 cm³/mol. The van der Waals surface area contributed by atoms with Crippen molar-refractivity contribution in [3.63, 3.8) is 0 Å². The summed E-state index contributed by atoms with van der Waals surface area (Å²) in [5, 5.41) is 0. The molecule has 0 aromatic carbocycles. The van der Waals surface area contributed by atoms with E-state index in [0.29, 0.717) is 18.1 Å². The number of hydrogen-bond acceptors (Lipinski definition) is 3. The third-order valence-electron chi connectivity index (χ3n) is 4.39. The van der Waals surface area contributed by atoms with Crippen LogP contribution in [0.5, 0.6) is 0 Å². The first-order valence-corrected chi connectivity index (χ1v) is 7.65. The van der Waals surface area contributed by atoms with Crippen molar-refractivity contribution in [2.24, 2.45) is 11.7 Å². The Morgan fingerprint density at radius 1 is 0.944 bits per heavy atom. The van der Waals surface area contributed by atoms with Gasteiger partial charge in [0.2, 0.25) is 0 Å². The average molecular weight is 255 g/mol. The molecule has 3 nitrogen and oxygen atoms in total. The largest absolute Gasteiger partial charge is 0.328 e. The van der Waals surface area contributed by atoms with Crippen LogP contribution in [-0.4, -0.2) is 54.1 Å². The van der Waals surface area contributed by atoms with E-state index in [1.165, 1.54) is 26.1 Å². The van der Waals surface area contributed by atoms with E-state index in [1.807, 2.05) is 0 Å². The second kappa shape index (κ2) is 7.46. The van der Waals surface area contributed by atoms with Crippen LogP contribution in [0.4, 0.5) is 0 Å². The van der Waals surface area contributed by atoms with Crippen LogP contribution in [0.25, 0.3) is 0 Å². The van der Waals surface area contributed by atoms with Crippen LogP contribution < -0.4 is 5.73 Å². The molecule has 1 rings (SSSR count). The van der Waals surface area contributed by atoms with Crippen molar-refractivity contribution < 1.29 is 0 Å². The van der Waals surface area contributed by atoms with Crippen molar-refractivity contribution in [1.82, 2.24) is 9.80 Å². The Labute approximate surface area is 114 Å². The summed E-state index contributed by atoms with van der Waals surface area (Å²) in [7, 11) is 0. The lowest BCUT2D eigenvalue weighted by Gasteiger charge is -2.45. The monoisotopic (exact) mass is 255 g/mol. The zero-order valence-corrected chi connectivity index (χ0v) is 13.0. The summed E-state index contributed by atoms with van der Waals surface area (Å²) in [6.07, 6.45) is 2.43. The molecule has 3 heteroatoms. The van der Waals surface area contributed by atoms with E-state index >= 15 is 0 Å². The average Bonchev–Trinajstić information content (AvgIpc) is 2.29. The summed E-state index contributed by atoms with van der Waals surface area (Å²) >= 11 is 0. The van der Waals surface area contributed by atoms with Crippen molar-refractivity contribution >= 4 is 0 Å². The van der Waals surface area contributed by atoms with Gasteiger partial charge in [0.05, 0.1) is 0 Å². The molecule has 0 saturated carbocycles. The highest BCUT2D eigenvalue weighted by Crippen LogP contribution is 2.18. The first-order chi connectivity index (χ1) is 8.41. The van der Waals surface area contributed by atoms with E-state index in [-0.39, 0.29) is 0 Å². The Bertz CT molecular complexity index is 204. The lowest BCUT2D eigenvalue weighted by atomic mass is 10.0. The van der Waals surface area contributed by atoms with Gasteiger partial charge in [-0.25, -0.2) is 0 Å². The zero-order valence-electron chi connectivity index (χ0n) is 13.0. The molecule has 3 atom stereocenters. The van der Waals surface area contributed by atoms with E-state index < -0.39 is 0 Å². The molecule has 0 amide bonds. The molecule has 0 radical (unpaired) electrons. The maximum Gasteiger partial charge on any atom is 0.0221 e. The summed E-state index contributed by atoms with van der Waals surface area (Å²) in [6, 6.07) is 1.65. The minimum atomic E-state index is 0.325. The molecule has 1 aliphatic rings. The second-order valence-corrected chi connectivity index (χ2v) is 6.50. The molecule has 0 bridgehead atoms. The molecule has 18 heavy (non-hydrogen) atoms. The SMILES string of the molecule is CC(C)CCN1CCN(CCC(C)N)C(C)C1C. The third kappa shape index (κ3) is 4.87. The van der Waals surface area contributed by atoms with Crippen LogP contribution in [0.15, 0.2) is 0 Å². The molecule has 108 valence electrons. The molecule has 0 spiro atoms. The highest BCUT2D eigenvalue weighted by atomic mass is 15.3. The van der Waals surface area contributed by atoms with Crippen molar-refractivity contribution in [2.45, 2.75) is 65.6 Å². The molecule has 0 aliphatic carbocycles. The Balaban J connectivity index is 2.39. The second-order valence-electron chi connectivity index (χ2n) is 6.50. The third-order valence-corrected chi connectivity index (χ3v) is 4.39. The minimum Gasteiger partial charge on any atom is -0.328 e. The lowest BCUT2D eigenvalue weighted by molar-refractivity contribution is 0.0319. The minimum absolute atomic E-state index is 0.325. The standard InChI is InChI=1S/C15H33N3/c1-12(2)6-8-17-10-11-18(9-7-13(3)16)15(5)14(17)4/h12-15H,6-11,16H2,1-5H3. The summed E-state index contributed by atoms with van der Waals surface area (Å²) in [6.45, 7) is 16.3. The van der Waals surface area contributed by atoms with E-state index in [2.05, 4.69) is 44.4 Å². The van der Waals surface area contributed by atoms with Gasteiger partial charge in [-0.2, -0.15) is 0 Å². The maximum atomic E-state index is 5.86. The van der Waals surface area contributed by atoms with Gasteiger partial charge in [0.25, 0.3) is 0 Å². The summed E-state index contributed by atoms with van der Waals surface area (Å²) in [5.74, 6) is 0.809. The quantitative estimate of drug-likeness (QED) is 0.789. The number of nitrogens with zero attached hydrogens (tertiary/aromatic N) is 2. The lowest BCUT2D eigenvalue weighted by Crippen LogP contribution is -2.57. The number of nitrogens with two attached hydrogens (primary N) is 1. The van der Waals surface area contributed by atoms with E-state index in [9.17, 15) is 0 Å². The van der Waals surface area contributed by atoms with Crippen molar-refractivity contribution in [3.05, 3.63) is 0 Å². The first-order valence-electron chi connectivity index (χ1n) is 7.65. The van der Waals surface area contributed by atoms with Gasteiger partial charge in [-0.1, -0.05) is 13.8 Å². The van der Waals surface area contributed by atoms with Gasteiger partial charge in [-0.15, -0.1) is 0 Å². The normalized spacial score (nSPS) is 28.8. The van der Waals surface area contributed by atoms with Crippen LogP contribution in [0.2, 0.25) is 0 Å². The summed E-state index contributed by atoms with van der Waals surface area (Å²) in [5.41, 5.74) is 5.86. The van der Waals surface area contributed by atoms with Gasteiger partial charge in [0.15, 0.2) is 0 Å². The fourth-order valence-corrected chi connectivity index (χ4v) is 2.70. The van der Waals surface area contributed by atoms with Gasteiger partial charge in [0.1, 0.15) is 0 Å².